The Kier molecular flexibility index (Phi) is 8.01. The number of thiazole rings is 1. The fourth-order valence-electron chi connectivity index (χ4n) is 5.75. The molecule has 0 unspecified atom stereocenters. The second-order valence-corrected chi connectivity index (χ2v) is 13.9. The van der Waals surface area contributed by atoms with Crippen molar-refractivity contribution in [3.8, 4) is 11.4 Å². The summed E-state index contributed by atoms with van der Waals surface area (Å²) in [6.45, 7) is 6.31. The summed E-state index contributed by atoms with van der Waals surface area (Å²) in [5.74, 6) is 0.0263. The van der Waals surface area contributed by atoms with Gasteiger partial charge >= 0.3 is 0 Å². The molecular formula is C29H33N5O6S2. The number of sulfone groups is 1. The van der Waals surface area contributed by atoms with Gasteiger partial charge in [-0.2, -0.15) is 0 Å². The van der Waals surface area contributed by atoms with Gasteiger partial charge in [0.25, 0.3) is 5.91 Å². The third-order valence-electron chi connectivity index (χ3n) is 7.69. The number of anilines is 2. The largest absolute Gasteiger partial charge is 0.376 e. The summed E-state index contributed by atoms with van der Waals surface area (Å²) in [4.78, 5) is 40.1. The summed E-state index contributed by atoms with van der Waals surface area (Å²) in [5, 5.41) is 5.15. The van der Waals surface area contributed by atoms with Crippen molar-refractivity contribution in [2.75, 3.05) is 42.2 Å². The predicted molar refractivity (Wildman–Crippen MR) is 158 cm³/mol. The second-order valence-electron chi connectivity index (χ2n) is 10.9. The van der Waals surface area contributed by atoms with Gasteiger partial charge in [0.2, 0.25) is 5.91 Å². The molecule has 0 bridgehead atoms. The van der Waals surface area contributed by atoms with Crippen LogP contribution in [-0.2, 0) is 30.7 Å². The molecule has 0 aliphatic carbocycles. The van der Waals surface area contributed by atoms with E-state index in [4.69, 9.17) is 14.5 Å². The molecule has 2 aromatic heterocycles. The summed E-state index contributed by atoms with van der Waals surface area (Å²) >= 11 is 1.30. The van der Waals surface area contributed by atoms with Gasteiger partial charge in [-0.25, -0.2) is 18.4 Å². The minimum absolute atomic E-state index is 0.112. The molecule has 2 saturated heterocycles. The Morgan fingerprint density at radius 1 is 1.07 bits per heavy atom. The number of morpholine rings is 1. The highest BCUT2D eigenvalue weighted by Crippen LogP contribution is 2.29. The van der Waals surface area contributed by atoms with E-state index in [1.165, 1.54) is 22.3 Å². The van der Waals surface area contributed by atoms with Crippen LogP contribution in [0, 0.1) is 0 Å². The van der Waals surface area contributed by atoms with Crippen molar-refractivity contribution < 1.29 is 27.5 Å². The Labute approximate surface area is 248 Å². The Morgan fingerprint density at radius 2 is 1.88 bits per heavy atom. The van der Waals surface area contributed by atoms with Gasteiger partial charge in [0.05, 0.1) is 41.8 Å². The zero-order valence-electron chi connectivity index (χ0n) is 23.5. The van der Waals surface area contributed by atoms with Gasteiger partial charge in [-0.1, -0.05) is 12.1 Å². The van der Waals surface area contributed by atoms with Crippen molar-refractivity contribution in [1.82, 2.24) is 14.9 Å². The van der Waals surface area contributed by atoms with Gasteiger partial charge in [0.1, 0.15) is 17.6 Å². The highest BCUT2D eigenvalue weighted by molar-refractivity contribution is 7.91. The normalized spacial score (nSPS) is 23.7. The summed E-state index contributed by atoms with van der Waals surface area (Å²) < 4.78 is 36.6. The first kappa shape index (κ1) is 28.7. The van der Waals surface area contributed by atoms with Crippen LogP contribution >= 0.6 is 11.3 Å². The minimum atomic E-state index is -3.56. The number of carbonyl (C=O) groups excluding carboxylic acids is 2. The van der Waals surface area contributed by atoms with Crippen LogP contribution in [0.2, 0.25) is 0 Å². The zero-order chi connectivity index (χ0) is 29.4. The van der Waals surface area contributed by atoms with Crippen LogP contribution in [0.4, 0.5) is 10.9 Å². The van der Waals surface area contributed by atoms with Gasteiger partial charge < -0.3 is 24.6 Å². The zero-order valence-corrected chi connectivity index (χ0v) is 25.1. The number of pyridine rings is 1. The number of amides is 2. The van der Waals surface area contributed by atoms with Crippen LogP contribution in [0.5, 0.6) is 0 Å². The highest BCUT2D eigenvalue weighted by Gasteiger charge is 2.36. The SMILES string of the molecule is C[C@@H]1CN(c2cccc(-c3csc(NC(=O)[C@@H]4CCCN4C(=O)c4ccc5c(c4)S(=O)(=O)CCOC5)n3)n2)C[C@H](C)O1. The van der Waals surface area contributed by atoms with Crippen molar-refractivity contribution in [2.45, 2.75) is 56.4 Å². The third kappa shape index (κ3) is 5.91. The number of benzene rings is 1. The molecule has 0 radical (unpaired) electrons. The highest BCUT2D eigenvalue weighted by atomic mass is 32.2. The number of nitrogens with one attached hydrogen (secondary N) is 1. The lowest BCUT2D eigenvalue weighted by Gasteiger charge is -2.36. The quantitative estimate of drug-likeness (QED) is 0.461. The van der Waals surface area contributed by atoms with E-state index in [0.29, 0.717) is 41.5 Å². The van der Waals surface area contributed by atoms with E-state index in [0.717, 1.165) is 18.9 Å². The molecule has 3 aliphatic heterocycles. The van der Waals surface area contributed by atoms with Crippen molar-refractivity contribution >= 4 is 43.9 Å². The average Bonchev–Trinajstić information content (AvgIpc) is 3.62. The van der Waals surface area contributed by atoms with Crippen molar-refractivity contribution in [1.29, 1.82) is 0 Å². The molecule has 13 heteroatoms. The maximum Gasteiger partial charge on any atom is 0.254 e. The monoisotopic (exact) mass is 611 g/mol. The lowest BCUT2D eigenvalue weighted by Crippen LogP contribution is -2.45. The number of hydrogen-bond donors (Lipinski definition) is 1. The number of hydrogen-bond acceptors (Lipinski definition) is 10. The van der Waals surface area contributed by atoms with E-state index in [1.54, 1.807) is 12.1 Å². The molecule has 2 fully saturated rings. The topological polar surface area (TPSA) is 131 Å². The van der Waals surface area contributed by atoms with E-state index >= 15 is 0 Å². The van der Waals surface area contributed by atoms with E-state index in [9.17, 15) is 18.0 Å². The lowest BCUT2D eigenvalue weighted by molar-refractivity contribution is -0.119. The molecule has 3 aromatic rings. The van der Waals surface area contributed by atoms with Gasteiger partial charge in [-0.05, 0) is 56.5 Å². The van der Waals surface area contributed by atoms with Gasteiger partial charge in [-0.15, -0.1) is 11.3 Å². The van der Waals surface area contributed by atoms with Crippen molar-refractivity contribution in [2.24, 2.45) is 0 Å². The fourth-order valence-corrected chi connectivity index (χ4v) is 7.85. The molecule has 11 nitrogen and oxygen atoms in total. The number of aromatic nitrogens is 2. The predicted octanol–water partition coefficient (Wildman–Crippen LogP) is 3.37. The summed E-state index contributed by atoms with van der Waals surface area (Å²) in [6.07, 6.45) is 1.40. The van der Waals surface area contributed by atoms with Gasteiger partial charge in [-0.3, -0.25) is 9.59 Å². The Bertz CT molecular complexity index is 1600. The number of ether oxygens (including phenoxy) is 2. The van der Waals surface area contributed by atoms with Crippen LogP contribution < -0.4 is 10.2 Å². The molecule has 0 saturated carbocycles. The van der Waals surface area contributed by atoms with E-state index in [2.05, 4.69) is 29.0 Å². The number of likely N-dealkylation sites (tertiary alicyclic amines) is 1. The van der Waals surface area contributed by atoms with E-state index in [-0.39, 0.29) is 53.4 Å². The fraction of sp³-hybridized carbons (Fsp3) is 0.448. The average molecular weight is 612 g/mol. The summed E-state index contributed by atoms with van der Waals surface area (Å²) in [7, 11) is -3.56. The molecule has 222 valence electrons. The maximum absolute atomic E-state index is 13.5. The van der Waals surface area contributed by atoms with Crippen LogP contribution in [0.15, 0.2) is 46.7 Å². The molecule has 2 amide bonds. The molecule has 42 heavy (non-hydrogen) atoms. The van der Waals surface area contributed by atoms with Gasteiger partial charge in [0, 0.05) is 30.6 Å². The van der Waals surface area contributed by atoms with Crippen LogP contribution in [0.3, 0.4) is 0 Å². The van der Waals surface area contributed by atoms with Crippen LogP contribution in [-0.4, -0.2) is 85.3 Å². The molecule has 6 rings (SSSR count). The van der Waals surface area contributed by atoms with E-state index in [1.807, 2.05) is 23.6 Å². The number of nitrogens with zero attached hydrogens (tertiary/aromatic N) is 4. The molecule has 1 N–H and O–H groups in total. The van der Waals surface area contributed by atoms with Crippen molar-refractivity contribution in [3.05, 3.63) is 52.9 Å². The van der Waals surface area contributed by atoms with Crippen molar-refractivity contribution in [3.63, 3.8) is 0 Å². The number of fused-ring (bicyclic) bond motifs is 1. The molecule has 0 spiro atoms. The minimum Gasteiger partial charge on any atom is -0.376 e. The van der Waals surface area contributed by atoms with Crippen LogP contribution in [0.1, 0.15) is 42.6 Å². The smallest absolute Gasteiger partial charge is 0.254 e. The number of rotatable bonds is 5. The first-order valence-corrected chi connectivity index (χ1v) is 16.6. The van der Waals surface area contributed by atoms with E-state index < -0.39 is 15.9 Å². The summed E-state index contributed by atoms with van der Waals surface area (Å²) in [6, 6.07) is 9.77. The maximum atomic E-state index is 13.5. The molecular weight excluding hydrogens is 578 g/mol. The summed E-state index contributed by atoms with van der Waals surface area (Å²) in [5.41, 5.74) is 2.14. The Morgan fingerprint density at radius 3 is 2.69 bits per heavy atom. The van der Waals surface area contributed by atoms with Crippen LogP contribution in [0.25, 0.3) is 11.4 Å². The molecule has 3 aliphatic rings. The molecule has 5 heterocycles. The Balaban J connectivity index is 1.15. The first-order valence-electron chi connectivity index (χ1n) is 14.1. The Hall–Kier alpha value is -3.39. The second kappa shape index (κ2) is 11.7. The molecule has 1 aromatic carbocycles. The van der Waals surface area contributed by atoms with Gasteiger partial charge in [0.15, 0.2) is 15.0 Å². The molecule has 3 atom stereocenters. The lowest BCUT2D eigenvalue weighted by atomic mass is 10.1. The first-order chi connectivity index (χ1) is 20.2. The number of carbonyl (C=O) groups is 2. The standard InChI is InChI=1S/C29H33N5O6S2/c1-18-14-33(15-19(2)40-18)26-7-3-5-22(30-26)23-17-41-29(31-23)32-27(35)24-6-4-10-34(24)28(36)20-8-9-21-16-39-11-12-42(37,38)25(21)13-20/h3,5,7-9,13,17-19,24H,4,6,10-12,14-16H2,1-2H3,(H,31,32,35)/t18-,19+,24-/m0/s1. The third-order valence-corrected chi connectivity index (χ3v) is 10.2.